The molecular weight excluding hydrogens is 354 g/mol. The van der Waals surface area contributed by atoms with E-state index in [1.165, 1.54) is 5.56 Å². The van der Waals surface area contributed by atoms with Crippen LogP contribution < -0.4 is 4.74 Å². The molecule has 2 aromatic heterocycles. The van der Waals surface area contributed by atoms with Gasteiger partial charge in [-0.1, -0.05) is 12.1 Å². The Kier molecular flexibility index (Phi) is 5.34. The Bertz CT molecular complexity index is 933. The predicted molar refractivity (Wildman–Crippen MR) is 106 cm³/mol. The van der Waals surface area contributed by atoms with E-state index in [9.17, 15) is 4.79 Å². The number of H-pyrrole nitrogens is 1. The van der Waals surface area contributed by atoms with Gasteiger partial charge in [-0.15, -0.1) is 0 Å². The van der Waals surface area contributed by atoms with Crippen molar-refractivity contribution in [3.8, 4) is 17.0 Å². The first-order valence-corrected chi connectivity index (χ1v) is 9.33. The Balaban J connectivity index is 1.34. The van der Waals surface area contributed by atoms with Crippen LogP contribution in [0.2, 0.25) is 0 Å². The normalized spacial score (nSPS) is 14.8. The van der Waals surface area contributed by atoms with Gasteiger partial charge in [0.15, 0.2) is 0 Å². The summed E-state index contributed by atoms with van der Waals surface area (Å²) in [5.74, 6) is 0.860. The Morgan fingerprint density at radius 2 is 2.00 bits per heavy atom. The maximum atomic E-state index is 12.8. The van der Waals surface area contributed by atoms with Crippen LogP contribution in [0.5, 0.6) is 5.75 Å². The number of pyridine rings is 1. The number of piperazine rings is 1. The smallest absolute Gasteiger partial charge is 0.271 e. The molecule has 7 heteroatoms. The lowest BCUT2D eigenvalue weighted by atomic mass is 10.1. The number of methoxy groups -OCH3 is 1. The quantitative estimate of drug-likeness (QED) is 0.739. The number of carbonyl (C=O) groups excluding carboxylic acids is 1. The first-order valence-electron chi connectivity index (χ1n) is 9.33. The van der Waals surface area contributed by atoms with Gasteiger partial charge in [-0.3, -0.25) is 19.8 Å². The molecule has 1 N–H and O–H groups in total. The van der Waals surface area contributed by atoms with Crippen LogP contribution in [0.15, 0.2) is 54.9 Å². The van der Waals surface area contributed by atoms with E-state index in [4.69, 9.17) is 4.74 Å². The third kappa shape index (κ3) is 4.04. The zero-order chi connectivity index (χ0) is 19.3. The summed E-state index contributed by atoms with van der Waals surface area (Å²) >= 11 is 0. The molecule has 7 nitrogen and oxygen atoms in total. The van der Waals surface area contributed by atoms with Gasteiger partial charge in [-0.05, 0) is 35.9 Å². The van der Waals surface area contributed by atoms with Gasteiger partial charge in [0.1, 0.15) is 11.4 Å². The van der Waals surface area contributed by atoms with Crippen LogP contribution in [0.25, 0.3) is 11.3 Å². The summed E-state index contributed by atoms with van der Waals surface area (Å²) in [5, 5.41) is 7.12. The second kappa shape index (κ2) is 8.22. The third-order valence-electron chi connectivity index (χ3n) is 4.97. The van der Waals surface area contributed by atoms with Crippen LogP contribution in [-0.4, -0.2) is 64.2 Å². The van der Waals surface area contributed by atoms with Gasteiger partial charge < -0.3 is 9.64 Å². The molecule has 0 bridgehead atoms. The van der Waals surface area contributed by atoms with Crippen LogP contribution in [0.1, 0.15) is 16.1 Å². The lowest BCUT2D eigenvalue weighted by Crippen LogP contribution is -2.48. The number of aromatic amines is 1. The van der Waals surface area contributed by atoms with Crippen molar-refractivity contribution in [1.29, 1.82) is 0 Å². The number of hydrogen-bond acceptors (Lipinski definition) is 5. The fraction of sp³-hybridized carbons (Fsp3) is 0.286. The number of nitrogens with zero attached hydrogens (tertiary/aromatic N) is 4. The minimum atomic E-state index is -0.0105. The summed E-state index contributed by atoms with van der Waals surface area (Å²) in [6.45, 7) is 3.93. The van der Waals surface area contributed by atoms with Gasteiger partial charge in [0, 0.05) is 50.7 Å². The zero-order valence-corrected chi connectivity index (χ0v) is 15.8. The van der Waals surface area contributed by atoms with Crippen molar-refractivity contribution in [2.45, 2.75) is 6.54 Å². The number of nitrogens with one attached hydrogen (secondary N) is 1. The number of benzene rings is 1. The molecule has 0 aliphatic carbocycles. The predicted octanol–water partition coefficient (Wildman–Crippen LogP) is 2.44. The van der Waals surface area contributed by atoms with Crippen molar-refractivity contribution in [3.05, 3.63) is 66.1 Å². The zero-order valence-electron chi connectivity index (χ0n) is 15.8. The minimum absolute atomic E-state index is 0.0105. The molecule has 1 saturated heterocycles. The molecule has 1 aliphatic rings. The van der Waals surface area contributed by atoms with Gasteiger partial charge >= 0.3 is 0 Å². The summed E-state index contributed by atoms with van der Waals surface area (Å²) in [7, 11) is 1.68. The van der Waals surface area contributed by atoms with E-state index in [2.05, 4.69) is 32.2 Å². The molecule has 1 amide bonds. The Hall–Kier alpha value is -3.19. The lowest BCUT2D eigenvalue weighted by molar-refractivity contribution is 0.0622. The molecule has 1 aromatic carbocycles. The van der Waals surface area contributed by atoms with Crippen LogP contribution >= 0.6 is 0 Å². The number of hydrogen-bond donors (Lipinski definition) is 1. The number of ether oxygens (including phenoxy) is 1. The van der Waals surface area contributed by atoms with E-state index in [1.54, 1.807) is 25.6 Å². The number of amides is 1. The van der Waals surface area contributed by atoms with E-state index in [0.29, 0.717) is 18.8 Å². The Morgan fingerprint density at radius 3 is 2.75 bits per heavy atom. The van der Waals surface area contributed by atoms with Crippen LogP contribution in [-0.2, 0) is 6.54 Å². The van der Waals surface area contributed by atoms with Crippen molar-refractivity contribution in [1.82, 2.24) is 25.0 Å². The van der Waals surface area contributed by atoms with Crippen molar-refractivity contribution in [3.63, 3.8) is 0 Å². The lowest BCUT2D eigenvalue weighted by Gasteiger charge is -2.34. The van der Waals surface area contributed by atoms with Gasteiger partial charge in [0.2, 0.25) is 0 Å². The van der Waals surface area contributed by atoms with Crippen LogP contribution in [0, 0.1) is 0 Å². The molecule has 0 atom stereocenters. The third-order valence-corrected chi connectivity index (χ3v) is 4.97. The van der Waals surface area contributed by atoms with E-state index in [0.717, 1.165) is 36.6 Å². The Labute approximate surface area is 164 Å². The summed E-state index contributed by atoms with van der Waals surface area (Å²) in [5.41, 5.74) is 3.35. The first-order chi connectivity index (χ1) is 13.7. The largest absolute Gasteiger partial charge is 0.497 e. The fourth-order valence-corrected chi connectivity index (χ4v) is 3.40. The minimum Gasteiger partial charge on any atom is -0.497 e. The molecule has 4 rings (SSSR count). The van der Waals surface area contributed by atoms with Crippen molar-refractivity contribution < 1.29 is 9.53 Å². The molecule has 0 saturated carbocycles. The second-order valence-corrected chi connectivity index (χ2v) is 6.83. The van der Waals surface area contributed by atoms with E-state index >= 15 is 0 Å². The Morgan fingerprint density at radius 1 is 1.14 bits per heavy atom. The maximum absolute atomic E-state index is 12.8. The summed E-state index contributed by atoms with van der Waals surface area (Å²) < 4.78 is 5.29. The average molecular weight is 377 g/mol. The second-order valence-electron chi connectivity index (χ2n) is 6.83. The van der Waals surface area contributed by atoms with Gasteiger partial charge in [-0.2, -0.15) is 5.10 Å². The highest BCUT2D eigenvalue weighted by molar-refractivity contribution is 5.93. The van der Waals surface area contributed by atoms with Gasteiger partial charge in [0.25, 0.3) is 5.91 Å². The van der Waals surface area contributed by atoms with Gasteiger partial charge in [0.05, 0.1) is 12.8 Å². The van der Waals surface area contributed by atoms with Crippen molar-refractivity contribution in [2.75, 3.05) is 33.3 Å². The van der Waals surface area contributed by atoms with Crippen LogP contribution in [0.4, 0.5) is 0 Å². The molecular formula is C21H23N5O2. The monoisotopic (exact) mass is 377 g/mol. The molecule has 3 aromatic rings. The average Bonchev–Trinajstić information content (AvgIpc) is 3.25. The summed E-state index contributed by atoms with van der Waals surface area (Å²) in [6, 6.07) is 13.7. The molecule has 0 unspecified atom stereocenters. The highest BCUT2D eigenvalue weighted by atomic mass is 16.5. The van der Waals surface area contributed by atoms with E-state index in [1.807, 2.05) is 29.2 Å². The van der Waals surface area contributed by atoms with E-state index in [-0.39, 0.29) is 5.91 Å². The molecule has 3 heterocycles. The molecule has 0 spiro atoms. The van der Waals surface area contributed by atoms with Crippen LogP contribution in [0.3, 0.4) is 0 Å². The molecule has 1 fully saturated rings. The van der Waals surface area contributed by atoms with Crippen molar-refractivity contribution in [2.24, 2.45) is 0 Å². The highest BCUT2D eigenvalue weighted by Crippen LogP contribution is 2.18. The molecule has 144 valence electrons. The number of rotatable bonds is 5. The summed E-state index contributed by atoms with van der Waals surface area (Å²) in [6.07, 6.45) is 3.45. The molecule has 1 aliphatic heterocycles. The van der Waals surface area contributed by atoms with E-state index < -0.39 is 0 Å². The highest BCUT2D eigenvalue weighted by Gasteiger charge is 2.23. The standard InChI is InChI=1S/C21H23N5O2/c1-28-18-6-2-4-16(12-18)15-25-8-10-26(11-9-25)21(27)20-13-19(23-24-20)17-5-3-7-22-14-17/h2-7,12-14H,8-11,15H2,1H3,(H,23,24). The maximum Gasteiger partial charge on any atom is 0.271 e. The fourth-order valence-electron chi connectivity index (χ4n) is 3.40. The van der Waals surface area contributed by atoms with Crippen molar-refractivity contribution >= 4 is 5.91 Å². The number of aromatic nitrogens is 3. The summed E-state index contributed by atoms with van der Waals surface area (Å²) in [4.78, 5) is 21.1. The van der Waals surface area contributed by atoms with Gasteiger partial charge in [-0.25, -0.2) is 0 Å². The first kappa shape index (κ1) is 18.2. The topological polar surface area (TPSA) is 74.3 Å². The number of carbonyl (C=O) groups is 1. The SMILES string of the molecule is COc1cccc(CN2CCN(C(=O)c3cc(-c4cccnc4)n[nH]3)CC2)c1. The molecule has 28 heavy (non-hydrogen) atoms. The molecule has 0 radical (unpaired) electrons.